The van der Waals surface area contributed by atoms with E-state index in [0.29, 0.717) is 0 Å². The van der Waals surface area contributed by atoms with E-state index in [4.69, 9.17) is 10.2 Å². The van der Waals surface area contributed by atoms with Crippen LogP contribution in [0, 0.1) is 0 Å². The molecule has 0 bridgehead atoms. The molecular weight excluding hydrogens is 436 g/mol. The number of hydrogen-bond donors (Lipinski definition) is 2. The summed E-state index contributed by atoms with van der Waals surface area (Å²) in [4.78, 5) is 20.8. The number of rotatable bonds is 15. The van der Waals surface area contributed by atoms with Crippen molar-refractivity contribution in [1.29, 1.82) is 0 Å². The summed E-state index contributed by atoms with van der Waals surface area (Å²) >= 11 is 0. The number of allylic oxidation sites excluding steroid dienone is 10. The van der Waals surface area contributed by atoms with Crippen LogP contribution in [0.1, 0.15) is 113 Å². The average Bonchev–Trinajstić information content (AvgIpc) is 2.71. The molecule has 0 aliphatic rings. The molecule has 0 rings (SSSR count). The SMILES string of the molecule is CC(C)=CCCC(C)=CCCC(C)=CC(=O)O.CC(C)=CCCC(C)=CCCC(C)=CCC(=O)O. The standard InChI is InChI=1S/C16H26O2.C15H24O2/c1-13(2)7-5-8-14(3)9-6-10-15(4)11-12-16(17)18;1-12(2)7-5-8-13(3)9-6-10-14(4)11-15(16)17/h7,9,11H,5-6,8,10,12H2,1-4H3,(H,17,18);7,9,11H,5-6,8,10H2,1-4H3,(H,16,17). The Labute approximate surface area is 214 Å². The first-order valence-corrected chi connectivity index (χ1v) is 12.7. The van der Waals surface area contributed by atoms with Crippen LogP contribution in [0.4, 0.5) is 0 Å². The summed E-state index contributed by atoms with van der Waals surface area (Å²) in [6.07, 6.45) is 20.3. The van der Waals surface area contributed by atoms with E-state index in [1.807, 2.05) is 13.8 Å². The predicted molar refractivity (Wildman–Crippen MR) is 151 cm³/mol. The molecule has 0 spiro atoms. The van der Waals surface area contributed by atoms with Crippen LogP contribution in [0.15, 0.2) is 69.9 Å². The molecule has 0 heterocycles. The van der Waals surface area contributed by atoms with Gasteiger partial charge in [-0.15, -0.1) is 0 Å². The van der Waals surface area contributed by atoms with Crippen molar-refractivity contribution < 1.29 is 19.8 Å². The van der Waals surface area contributed by atoms with E-state index in [0.717, 1.165) is 62.5 Å². The topological polar surface area (TPSA) is 74.6 Å². The number of hydrogen-bond acceptors (Lipinski definition) is 2. The van der Waals surface area contributed by atoms with Crippen LogP contribution in [0.25, 0.3) is 0 Å². The largest absolute Gasteiger partial charge is 0.481 e. The molecule has 0 aromatic carbocycles. The summed E-state index contributed by atoms with van der Waals surface area (Å²) in [7, 11) is 0. The smallest absolute Gasteiger partial charge is 0.328 e. The molecule has 0 amide bonds. The zero-order chi connectivity index (χ0) is 27.2. The van der Waals surface area contributed by atoms with Crippen molar-refractivity contribution in [2.24, 2.45) is 0 Å². The quantitative estimate of drug-likeness (QED) is 0.178. The van der Waals surface area contributed by atoms with Gasteiger partial charge in [-0.05, 0) is 107 Å². The molecule has 0 radical (unpaired) electrons. The maximum atomic E-state index is 10.4. The van der Waals surface area contributed by atoms with Gasteiger partial charge in [0.2, 0.25) is 0 Å². The van der Waals surface area contributed by atoms with Gasteiger partial charge in [-0.2, -0.15) is 0 Å². The number of aliphatic carboxylic acids is 2. The summed E-state index contributed by atoms with van der Waals surface area (Å²) in [5.41, 5.74) is 7.61. The van der Waals surface area contributed by atoms with Crippen molar-refractivity contribution in [2.45, 2.75) is 113 Å². The molecule has 0 aliphatic carbocycles. The lowest BCUT2D eigenvalue weighted by Crippen LogP contribution is -1.91. The van der Waals surface area contributed by atoms with Gasteiger partial charge in [0.05, 0.1) is 6.42 Å². The van der Waals surface area contributed by atoms with Gasteiger partial charge in [0.25, 0.3) is 0 Å². The highest BCUT2D eigenvalue weighted by molar-refractivity contribution is 5.80. The van der Waals surface area contributed by atoms with Crippen LogP contribution in [0.2, 0.25) is 0 Å². The van der Waals surface area contributed by atoms with E-state index in [1.54, 1.807) is 6.08 Å². The molecule has 0 fully saturated rings. The van der Waals surface area contributed by atoms with Gasteiger partial charge in [-0.3, -0.25) is 4.79 Å². The van der Waals surface area contributed by atoms with Crippen LogP contribution in [-0.2, 0) is 9.59 Å². The van der Waals surface area contributed by atoms with Gasteiger partial charge in [0, 0.05) is 6.08 Å². The number of carboxylic acid groups (broad SMARTS) is 2. The predicted octanol–water partition coefficient (Wildman–Crippen LogP) is 9.37. The Morgan fingerprint density at radius 3 is 1.20 bits per heavy atom. The third kappa shape index (κ3) is 29.3. The van der Waals surface area contributed by atoms with E-state index in [9.17, 15) is 9.59 Å². The Kier molecular flexibility index (Phi) is 21.6. The molecule has 4 nitrogen and oxygen atoms in total. The van der Waals surface area contributed by atoms with Crippen molar-refractivity contribution in [3.63, 3.8) is 0 Å². The second-order valence-corrected chi connectivity index (χ2v) is 9.80. The molecule has 0 saturated carbocycles. The van der Waals surface area contributed by atoms with E-state index in [2.05, 4.69) is 65.8 Å². The van der Waals surface area contributed by atoms with Crippen LogP contribution >= 0.6 is 0 Å². The minimum atomic E-state index is -0.855. The molecular formula is C31H50O4. The Morgan fingerprint density at radius 1 is 0.514 bits per heavy atom. The van der Waals surface area contributed by atoms with Gasteiger partial charge in [0.15, 0.2) is 0 Å². The molecule has 0 saturated heterocycles. The second-order valence-electron chi connectivity index (χ2n) is 9.80. The van der Waals surface area contributed by atoms with E-state index < -0.39 is 11.9 Å². The molecule has 0 unspecified atom stereocenters. The number of carbonyl (C=O) groups is 2. The minimum absolute atomic E-state index is 0.134. The Balaban J connectivity index is 0. The Bertz CT molecular complexity index is 809. The Morgan fingerprint density at radius 2 is 0.857 bits per heavy atom. The van der Waals surface area contributed by atoms with Crippen LogP contribution in [0.5, 0.6) is 0 Å². The third-order valence-corrected chi connectivity index (χ3v) is 5.24. The van der Waals surface area contributed by atoms with E-state index in [-0.39, 0.29) is 6.42 Å². The first kappa shape index (κ1) is 34.5. The van der Waals surface area contributed by atoms with Crippen LogP contribution in [-0.4, -0.2) is 22.2 Å². The molecule has 2 N–H and O–H groups in total. The highest BCUT2D eigenvalue weighted by Crippen LogP contribution is 2.12. The summed E-state index contributed by atoms with van der Waals surface area (Å²) in [6, 6.07) is 0. The molecule has 198 valence electrons. The average molecular weight is 487 g/mol. The first-order chi connectivity index (χ1) is 16.3. The lowest BCUT2D eigenvalue weighted by atomic mass is 10.1. The van der Waals surface area contributed by atoms with Crippen molar-refractivity contribution in [2.75, 3.05) is 0 Å². The molecule has 0 aromatic heterocycles. The summed E-state index contributed by atoms with van der Waals surface area (Å²) in [5, 5.41) is 17.1. The fourth-order valence-corrected chi connectivity index (χ4v) is 3.12. The van der Waals surface area contributed by atoms with E-state index in [1.165, 1.54) is 28.4 Å². The first-order valence-electron chi connectivity index (χ1n) is 12.7. The fraction of sp³-hybridized carbons (Fsp3) is 0.548. The monoisotopic (exact) mass is 486 g/mol. The lowest BCUT2D eigenvalue weighted by molar-refractivity contribution is -0.136. The maximum Gasteiger partial charge on any atom is 0.328 e. The zero-order valence-electron chi connectivity index (χ0n) is 23.5. The fourth-order valence-electron chi connectivity index (χ4n) is 3.12. The molecule has 4 heteroatoms. The molecule has 0 aromatic rings. The van der Waals surface area contributed by atoms with Crippen molar-refractivity contribution in [3.8, 4) is 0 Å². The lowest BCUT2D eigenvalue weighted by Gasteiger charge is -2.01. The van der Waals surface area contributed by atoms with Gasteiger partial charge in [-0.1, -0.05) is 63.8 Å². The second kappa shape index (κ2) is 21.9. The molecule has 0 aliphatic heterocycles. The van der Waals surface area contributed by atoms with Crippen molar-refractivity contribution >= 4 is 11.9 Å². The highest BCUT2D eigenvalue weighted by Gasteiger charge is 1.96. The number of carboxylic acids is 2. The van der Waals surface area contributed by atoms with E-state index >= 15 is 0 Å². The van der Waals surface area contributed by atoms with Crippen molar-refractivity contribution in [1.82, 2.24) is 0 Å². The highest BCUT2D eigenvalue weighted by atomic mass is 16.4. The summed E-state index contributed by atoms with van der Waals surface area (Å²) in [5.74, 6) is -1.62. The molecule has 0 atom stereocenters. The van der Waals surface area contributed by atoms with Gasteiger partial charge in [0.1, 0.15) is 0 Å². The summed E-state index contributed by atoms with van der Waals surface area (Å²) in [6.45, 7) is 16.6. The van der Waals surface area contributed by atoms with Gasteiger partial charge in [-0.25, -0.2) is 4.79 Å². The van der Waals surface area contributed by atoms with Crippen LogP contribution in [0.3, 0.4) is 0 Å². The van der Waals surface area contributed by atoms with Gasteiger partial charge < -0.3 is 10.2 Å². The maximum absolute atomic E-state index is 10.4. The van der Waals surface area contributed by atoms with Crippen molar-refractivity contribution in [3.05, 3.63) is 69.9 Å². The van der Waals surface area contributed by atoms with Gasteiger partial charge >= 0.3 is 11.9 Å². The zero-order valence-corrected chi connectivity index (χ0v) is 23.5. The van der Waals surface area contributed by atoms with Crippen LogP contribution < -0.4 is 0 Å². The minimum Gasteiger partial charge on any atom is -0.481 e. The normalized spacial score (nSPS) is 12.5. The third-order valence-electron chi connectivity index (χ3n) is 5.24. The molecule has 35 heavy (non-hydrogen) atoms. The summed E-state index contributed by atoms with van der Waals surface area (Å²) < 4.78 is 0. The Hall–Kier alpha value is -2.62.